The van der Waals surface area contributed by atoms with E-state index in [1.807, 2.05) is 51.2 Å². The molecule has 0 amide bonds. The van der Waals surface area contributed by atoms with E-state index in [1.165, 1.54) is 6.08 Å². The molecule has 0 aromatic heterocycles. The van der Waals surface area contributed by atoms with Crippen molar-refractivity contribution < 1.29 is 34.3 Å². The lowest BCUT2D eigenvalue weighted by molar-refractivity contribution is -0.198. The number of esters is 1. The van der Waals surface area contributed by atoms with Crippen LogP contribution in [0.5, 0.6) is 0 Å². The van der Waals surface area contributed by atoms with E-state index in [1.54, 1.807) is 12.2 Å². The molecule has 2 fully saturated rings. The second-order valence-corrected chi connectivity index (χ2v) is 11.1. The van der Waals surface area contributed by atoms with Crippen LogP contribution in [0.2, 0.25) is 0 Å². The minimum atomic E-state index is -0.779. The van der Waals surface area contributed by atoms with E-state index < -0.39 is 23.6 Å². The number of aliphatic hydroxyl groups is 3. The van der Waals surface area contributed by atoms with Crippen LogP contribution in [0.1, 0.15) is 59.3 Å². The molecule has 0 aromatic carbocycles. The zero-order valence-electron chi connectivity index (χ0n) is 23.5. The molecule has 0 spiro atoms. The number of hydrogen-bond donors (Lipinski definition) is 3. The first-order valence-corrected chi connectivity index (χ1v) is 14.2. The third-order valence-electron chi connectivity index (χ3n) is 7.96. The molecule has 4 bridgehead atoms. The number of allylic oxidation sites excluding steroid dienone is 6. The molecule has 8 atom stereocenters. The van der Waals surface area contributed by atoms with E-state index in [0.717, 1.165) is 5.57 Å². The van der Waals surface area contributed by atoms with Crippen molar-refractivity contribution in [3.63, 3.8) is 0 Å². The summed E-state index contributed by atoms with van der Waals surface area (Å²) in [6.45, 7) is 5.83. The maximum atomic E-state index is 12.8. The summed E-state index contributed by atoms with van der Waals surface area (Å²) >= 11 is 0. The molecular formula is C32H46O7. The molecule has 3 aliphatic heterocycles. The summed E-state index contributed by atoms with van der Waals surface area (Å²) in [6, 6.07) is 0. The standard InChI is InChI=1S/C32H46O7/c1-23-13-7-4-8-15-26-21-30(32(3,22-34)29(38-26)16-10-6-12-18-33)39-31(36)17-11-5-9-14-25-20-27(35)24(2)28(19-23)37-25/h5-11,13,15,17,19,24-30,33-35H,4,12,14,16,18,20-22H2,1-3H3/b9-5+,10-6-,13-7?,15-8+,17-11-,23-19?/t24-,25+,26-,27+,28-,29+,30-,32+/m1/s1. The smallest absolute Gasteiger partial charge is 0.331 e. The Morgan fingerprint density at radius 3 is 2.67 bits per heavy atom. The molecule has 3 aliphatic rings. The van der Waals surface area contributed by atoms with Crippen LogP contribution in [0.4, 0.5) is 0 Å². The number of hydrogen-bond acceptors (Lipinski definition) is 7. The molecule has 0 unspecified atom stereocenters. The van der Waals surface area contributed by atoms with Gasteiger partial charge in [-0.25, -0.2) is 4.79 Å². The number of rotatable bonds is 5. The summed E-state index contributed by atoms with van der Waals surface area (Å²) in [7, 11) is 0. The maximum Gasteiger partial charge on any atom is 0.331 e. The first-order chi connectivity index (χ1) is 18.8. The number of ether oxygens (including phenoxy) is 3. The third kappa shape index (κ3) is 9.12. The molecule has 2 saturated heterocycles. The second-order valence-electron chi connectivity index (χ2n) is 11.1. The van der Waals surface area contributed by atoms with Gasteiger partial charge in [0.1, 0.15) is 6.10 Å². The van der Waals surface area contributed by atoms with Gasteiger partial charge in [0, 0.05) is 31.4 Å². The Kier molecular flexibility index (Phi) is 12.4. The van der Waals surface area contributed by atoms with Gasteiger partial charge in [-0.3, -0.25) is 0 Å². The Bertz CT molecular complexity index is 962. The Labute approximate surface area is 233 Å². The van der Waals surface area contributed by atoms with Gasteiger partial charge in [-0.2, -0.15) is 0 Å². The van der Waals surface area contributed by atoms with Gasteiger partial charge in [0.05, 0.1) is 42.5 Å². The summed E-state index contributed by atoms with van der Waals surface area (Å²) in [5.74, 6) is -0.465. The van der Waals surface area contributed by atoms with Crippen LogP contribution in [0, 0.1) is 11.3 Å². The van der Waals surface area contributed by atoms with E-state index >= 15 is 0 Å². The monoisotopic (exact) mass is 542 g/mol. The molecule has 7 nitrogen and oxygen atoms in total. The van der Waals surface area contributed by atoms with Crippen LogP contribution in [0.15, 0.2) is 72.4 Å². The van der Waals surface area contributed by atoms with Crippen LogP contribution in [0.3, 0.4) is 0 Å². The van der Waals surface area contributed by atoms with Crippen molar-refractivity contribution in [2.75, 3.05) is 13.2 Å². The average molecular weight is 543 g/mol. The predicted octanol–water partition coefficient (Wildman–Crippen LogP) is 4.50. The second kappa shape index (κ2) is 15.5. The Morgan fingerprint density at radius 2 is 1.90 bits per heavy atom. The fraction of sp³-hybridized carbons (Fsp3) is 0.594. The molecule has 0 aliphatic carbocycles. The van der Waals surface area contributed by atoms with E-state index in [-0.39, 0.29) is 43.5 Å². The minimum absolute atomic E-state index is 0.00781. The molecule has 3 N–H and O–H groups in total. The molecule has 0 saturated carbocycles. The molecule has 0 aromatic rings. The molecule has 216 valence electrons. The zero-order valence-corrected chi connectivity index (χ0v) is 23.5. The van der Waals surface area contributed by atoms with Crippen LogP contribution >= 0.6 is 0 Å². The summed E-state index contributed by atoms with van der Waals surface area (Å²) in [6.07, 6.45) is 22.4. The topological polar surface area (TPSA) is 105 Å². The van der Waals surface area contributed by atoms with Crippen LogP contribution in [-0.4, -0.2) is 71.1 Å². The van der Waals surface area contributed by atoms with Gasteiger partial charge in [-0.15, -0.1) is 0 Å². The molecule has 3 rings (SSSR count). The van der Waals surface area contributed by atoms with Crippen molar-refractivity contribution in [3.05, 3.63) is 72.4 Å². The van der Waals surface area contributed by atoms with Crippen molar-refractivity contribution in [1.29, 1.82) is 0 Å². The lowest BCUT2D eigenvalue weighted by Gasteiger charge is -2.47. The summed E-state index contributed by atoms with van der Waals surface area (Å²) in [5.41, 5.74) is 0.300. The summed E-state index contributed by atoms with van der Waals surface area (Å²) in [4.78, 5) is 12.8. The largest absolute Gasteiger partial charge is 0.458 e. The van der Waals surface area contributed by atoms with Gasteiger partial charge in [0.25, 0.3) is 0 Å². The quantitative estimate of drug-likeness (QED) is 0.347. The molecule has 3 heterocycles. The molecule has 7 heteroatoms. The Morgan fingerprint density at radius 1 is 1.08 bits per heavy atom. The molecular weight excluding hydrogens is 496 g/mol. The van der Waals surface area contributed by atoms with Crippen LogP contribution < -0.4 is 0 Å². The fourth-order valence-corrected chi connectivity index (χ4v) is 5.30. The van der Waals surface area contributed by atoms with E-state index in [4.69, 9.17) is 19.3 Å². The first-order valence-electron chi connectivity index (χ1n) is 14.2. The number of fused-ring (bicyclic) bond motifs is 4. The van der Waals surface area contributed by atoms with Gasteiger partial charge in [-0.1, -0.05) is 80.2 Å². The van der Waals surface area contributed by atoms with Crippen molar-refractivity contribution in [2.45, 2.75) is 95.9 Å². The highest BCUT2D eigenvalue weighted by molar-refractivity contribution is 5.82. The van der Waals surface area contributed by atoms with Gasteiger partial charge >= 0.3 is 5.97 Å². The van der Waals surface area contributed by atoms with Crippen molar-refractivity contribution in [2.24, 2.45) is 11.3 Å². The number of aliphatic hydroxyl groups excluding tert-OH is 3. The number of carbonyl (C=O) groups is 1. The van der Waals surface area contributed by atoms with Crippen LogP contribution in [-0.2, 0) is 19.0 Å². The zero-order chi connectivity index (χ0) is 28.3. The lowest BCUT2D eigenvalue weighted by Crippen LogP contribution is -2.55. The van der Waals surface area contributed by atoms with E-state index in [0.29, 0.717) is 38.5 Å². The first kappa shape index (κ1) is 31.2. The minimum Gasteiger partial charge on any atom is -0.458 e. The molecule has 0 radical (unpaired) electrons. The lowest BCUT2D eigenvalue weighted by atomic mass is 9.73. The molecule has 39 heavy (non-hydrogen) atoms. The summed E-state index contributed by atoms with van der Waals surface area (Å²) < 4.78 is 18.5. The summed E-state index contributed by atoms with van der Waals surface area (Å²) in [5, 5.41) is 30.0. The van der Waals surface area contributed by atoms with Gasteiger partial charge < -0.3 is 29.5 Å². The van der Waals surface area contributed by atoms with E-state index in [9.17, 15) is 15.0 Å². The SMILES string of the molecule is CC1=C[C@H]2O[C@@H](C/C=C/C=C\C(=O)O[C@@H]3C[C@@H](/C=C/CC=C1)O[C@@H](C/C=C\CCO)[C@]3(C)CO)C[C@H](O)[C@H]2C. The van der Waals surface area contributed by atoms with Crippen molar-refractivity contribution in [3.8, 4) is 0 Å². The van der Waals surface area contributed by atoms with E-state index in [2.05, 4.69) is 18.2 Å². The van der Waals surface area contributed by atoms with Crippen molar-refractivity contribution in [1.82, 2.24) is 0 Å². The van der Waals surface area contributed by atoms with Crippen molar-refractivity contribution >= 4 is 5.97 Å². The maximum absolute atomic E-state index is 12.8. The fourth-order valence-electron chi connectivity index (χ4n) is 5.30. The highest BCUT2D eigenvalue weighted by Gasteiger charge is 2.48. The number of carbonyl (C=O) groups excluding carboxylic acids is 1. The predicted molar refractivity (Wildman–Crippen MR) is 152 cm³/mol. The Balaban J connectivity index is 1.84. The third-order valence-corrected chi connectivity index (χ3v) is 7.96. The van der Waals surface area contributed by atoms with Gasteiger partial charge in [0.2, 0.25) is 0 Å². The van der Waals surface area contributed by atoms with Gasteiger partial charge in [0.15, 0.2) is 0 Å². The normalized spacial score (nSPS) is 39.0. The highest BCUT2D eigenvalue weighted by atomic mass is 16.6. The Hall–Kier alpha value is -2.29. The van der Waals surface area contributed by atoms with Crippen LogP contribution in [0.25, 0.3) is 0 Å². The average Bonchev–Trinajstić information content (AvgIpc) is 2.90. The highest BCUT2D eigenvalue weighted by Crippen LogP contribution is 2.41. The van der Waals surface area contributed by atoms with Gasteiger partial charge in [-0.05, 0) is 32.6 Å².